The van der Waals surface area contributed by atoms with Crippen molar-refractivity contribution < 1.29 is 174 Å². The van der Waals surface area contributed by atoms with Crippen molar-refractivity contribution in [2.45, 2.75) is 67.1 Å². The predicted octanol–water partition coefficient (Wildman–Crippen LogP) is 5.90. The van der Waals surface area contributed by atoms with Gasteiger partial charge in [-0.05, 0) is 6.92 Å². The third kappa shape index (κ3) is 32.4. The zero-order valence-electron chi connectivity index (χ0n) is 32.2. The molecule has 0 aromatic carbocycles. The summed E-state index contributed by atoms with van der Waals surface area (Å²) in [5.74, 6) is -6.13. The summed E-state index contributed by atoms with van der Waals surface area (Å²) in [6, 6.07) is 0. The molecule has 50 heteroatoms. The maximum absolute atomic E-state index is 12.5. The van der Waals surface area contributed by atoms with E-state index in [9.17, 15) is 139 Å². The van der Waals surface area contributed by atoms with E-state index in [0.29, 0.717) is 0 Å². The van der Waals surface area contributed by atoms with E-state index in [4.69, 9.17) is 0 Å². The summed E-state index contributed by atoms with van der Waals surface area (Å²) in [7, 11) is -0.167. The predicted molar refractivity (Wildman–Crippen MR) is 171 cm³/mol. The van der Waals surface area contributed by atoms with Gasteiger partial charge in [0.15, 0.2) is 67.4 Å². The summed E-state index contributed by atoms with van der Waals surface area (Å²) in [4.78, 5) is -3.25. The first-order valence-corrected chi connectivity index (χ1v) is 21.2. The first-order chi connectivity index (χ1) is 30.5. The standard InChI is InChI=1S/C4H6F2O4S2.C3HF6NO4S2.2C3H3F6N.C2H3F2NO4S2.2C2H4F2O/c1-3-11(7)9-2-4(5,6)10-12(3)8;4-1(5)2(6,7)13-15(11)10-16(12)14-3(1,8)9;2*1-10(2(4,5)6)3(7,8)9;3-2(4)1-8-10(6)5-11(7)9-2;2*3-1-5-2-4/h3H,2H2,1H3;10H;2*1H3;5H,1H2;2*1-2H2. The van der Waals surface area contributed by atoms with Crippen molar-refractivity contribution >= 4 is 67.2 Å². The summed E-state index contributed by atoms with van der Waals surface area (Å²) in [5.41, 5.74) is 0. The van der Waals surface area contributed by atoms with Crippen LogP contribution in [-0.2, 0) is 102 Å². The minimum atomic E-state index is -6.13. The van der Waals surface area contributed by atoms with Crippen molar-refractivity contribution in [2.75, 3.05) is 54.8 Å². The Morgan fingerprint density at radius 2 is 0.754 bits per heavy atom. The number of hydrogen-bond acceptors (Lipinski definition) is 16. The Bertz CT molecular complexity index is 1540. The van der Waals surface area contributed by atoms with Gasteiger partial charge in [0.05, 0.1) is 0 Å². The molecule has 422 valence electrons. The number of hydrogen-bond donors (Lipinski definition) is 2. The first kappa shape index (κ1) is 74.1. The van der Waals surface area contributed by atoms with Crippen LogP contribution in [-0.4, -0.2) is 150 Å². The molecule has 0 radical (unpaired) electrons. The van der Waals surface area contributed by atoms with E-state index in [1.807, 2.05) is 0 Å². The van der Waals surface area contributed by atoms with Gasteiger partial charge in [0.1, 0.15) is 0 Å². The van der Waals surface area contributed by atoms with Crippen molar-refractivity contribution in [1.82, 2.24) is 18.1 Å². The van der Waals surface area contributed by atoms with Crippen molar-refractivity contribution in [2.24, 2.45) is 0 Å². The molecule has 3 rings (SSSR count). The normalized spacial score (nSPS) is 27.4. The molecule has 0 spiro atoms. The molecule has 3 aliphatic rings. The Labute approximate surface area is 380 Å². The van der Waals surface area contributed by atoms with Crippen molar-refractivity contribution in [3.05, 3.63) is 0 Å². The summed E-state index contributed by atoms with van der Waals surface area (Å²) in [6.07, 6.45) is -40.2. The lowest BCUT2D eigenvalue weighted by Crippen LogP contribution is -2.59. The second-order valence-electron chi connectivity index (χ2n) is 9.77. The van der Waals surface area contributed by atoms with Gasteiger partial charge in [-0.15, -0.1) is 18.1 Å². The topological polar surface area (TPSA) is 207 Å². The van der Waals surface area contributed by atoms with Gasteiger partial charge < -0.3 is 9.47 Å². The molecule has 7 unspecified atom stereocenters. The van der Waals surface area contributed by atoms with Crippen LogP contribution in [0.5, 0.6) is 0 Å². The largest absolute Gasteiger partial charge is 0.466 e. The number of alkyl halides is 26. The highest BCUT2D eigenvalue weighted by molar-refractivity contribution is 7.98. The van der Waals surface area contributed by atoms with E-state index in [1.165, 1.54) is 6.92 Å². The molecule has 0 aromatic heterocycles. The molecule has 0 amide bonds. The van der Waals surface area contributed by atoms with Gasteiger partial charge in [0.25, 0.3) is 33.8 Å². The van der Waals surface area contributed by atoms with Crippen LogP contribution in [0.4, 0.5) is 114 Å². The van der Waals surface area contributed by atoms with Crippen LogP contribution in [0.3, 0.4) is 0 Å². The molecule has 0 saturated carbocycles. The molecular formula is C19H24F26N4O14S6. The van der Waals surface area contributed by atoms with Gasteiger partial charge >= 0.3 is 55.6 Å². The zero-order chi connectivity index (χ0) is 56.0. The second kappa shape index (κ2) is 31.4. The van der Waals surface area contributed by atoms with Crippen molar-refractivity contribution in [1.29, 1.82) is 0 Å². The monoisotopic (exact) mass is 1220 g/mol. The Hall–Kier alpha value is -1.40. The maximum atomic E-state index is 12.5. The highest BCUT2D eigenvalue weighted by Crippen LogP contribution is 2.48. The fourth-order valence-electron chi connectivity index (χ4n) is 1.75. The molecule has 2 N–H and O–H groups in total. The summed E-state index contributed by atoms with van der Waals surface area (Å²) < 4.78 is 393. The highest BCUT2D eigenvalue weighted by Gasteiger charge is 2.77. The van der Waals surface area contributed by atoms with Crippen molar-refractivity contribution in [3.8, 4) is 0 Å². The van der Waals surface area contributed by atoms with Gasteiger partial charge in [-0.25, -0.2) is 59.5 Å². The quantitative estimate of drug-likeness (QED) is 0.248. The Kier molecular flexibility index (Phi) is 33.7. The third-order valence-corrected chi connectivity index (χ3v) is 11.2. The van der Waals surface area contributed by atoms with E-state index >= 15 is 0 Å². The first-order valence-electron chi connectivity index (χ1n) is 14.6. The average Bonchev–Trinajstić information content (AvgIpc) is 3.32. The lowest BCUT2D eigenvalue weighted by Gasteiger charge is -2.31. The Morgan fingerprint density at radius 1 is 0.478 bits per heavy atom. The molecule has 3 fully saturated rings. The van der Waals surface area contributed by atoms with E-state index in [2.05, 4.69) is 34.6 Å². The minimum Gasteiger partial charge on any atom is -0.319 e. The number of rotatable bonds is 4. The summed E-state index contributed by atoms with van der Waals surface area (Å²) in [6.45, 7) is -5.19. The van der Waals surface area contributed by atoms with Crippen LogP contribution in [0, 0.1) is 0 Å². The van der Waals surface area contributed by atoms with Crippen LogP contribution in [0.15, 0.2) is 0 Å². The van der Waals surface area contributed by atoms with E-state index < -0.39 is 178 Å². The molecule has 0 aromatic rings. The zero-order valence-corrected chi connectivity index (χ0v) is 37.1. The molecule has 3 saturated heterocycles. The van der Waals surface area contributed by atoms with Gasteiger partial charge in [0, 0.05) is 14.1 Å². The Balaban J connectivity index is -0.000000368. The molecule has 7 atom stereocenters. The maximum Gasteiger partial charge on any atom is 0.466 e. The molecule has 18 nitrogen and oxygen atoms in total. The number of nitrogens with one attached hydrogen (secondary N) is 2. The third-order valence-electron chi connectivity index (χ3n) is 4.81. The molecule has 3 aliphatic heterocycles. The number of halogens is 26. The SMILES string of the molecule is CC1S(=O)OCC(F)(F)OS1=O.CN(C(F)(F)F)C(F)(F)F.CN(C(F)(F)F)C(F)(F)F.FCOCF.FCOCF.O=S1NS(=O)OC(F)(F)C(F)(F)C(F)(F)O1.O=S1NS(=O)OC(F)(F)CO1. The van der Waals surface area contributed by atoms with Crippen LogP contribution in [0.2, 0.25) is 0 Å². The van der Waals surface area contributed by atoms with E-state index in [1.54, 1.807) is 4.13 Å². The molecule has 0 bridgehead atoms. The highest BCUT2D eigenvalue weighted by atomic mass is 32.3. The lowest BCUT2D eigenvalue weighted by atomic mass is 10.3. The van der Waals surface area contributed by atoms with Crippen LogP contribution in [0.1, 0.15) is 6.92 Å². The van der Waals surface area contributed by atoms with Crippen molar-refractivity contribution in [3.63, 3.8) is 0 Å². The average molecular weight is 1220 g/mol. The van der Waals surface area contributed by atoms with E-state index in [0.717, 1.165) is 4.13 Å². The molecule has 3 heterocycles. The van der Waals surface area contributed by atoms with Gasteiger partial charge in [-0.1, -0.05) is 0 Å². The molecular weight excluding hydrogens is 1190 g/mol. The number of ether oxygens (including phenoxy) is 2. The smallest absolute Gasteiger partial charge is 0.319 e. The van der Waals surface area contributed by atoms with E-state index in [-0.39, 0.29) is 14.1 Å². The van der Waals surface area contributed by atoms with Gasteiger partial charge in [0.2, 0.25) is 11.3 Å². The minimum absolute atomic E-state index is 0.0833. The fourth-order valence-corrected chi connectivity index (χ4v) is 6.01. The second-order valence-corrected chi connectivity index (χ2v) is 16.9. The summed E-state index contributed by atoms with van der Waals surface area (Å²) >= 11 is -15.7. The lowest BCUT2D eigenvalue weighted by molar-refractivity contribution is -0.413. The van der Waals surface area contributed by atoms with Crippen LogP contribution in [0.25, 0.3) is 0 Å². The van der Waals surface area contributed by atoms with Crippen LogP contribution < -0.4 is 8.25 Å². The summed E-state index contributed by atoms with van der Waals surface area (Å²) in [5, 5.41) is 0. The van der Waals surface area contributed by atoms with Crippen LogP contribution >= 0.6 is 0 Å². The Morgan fingerprint density at radius 3 is 1.03 bits per heavy atom. The molecule has 0 aliphatic carbocycles. The van der Waals surface area contributed by atoms with Gasteiger partial charge in [-0.3, -0.25) is 8.37 Å². The molecule has 69 heavy (non-hydrogen) atoms. The van der Waals surface area contributed by atoms with Gasteiger partial charge in [-0.2, -0.15) is 96.6 Å². The fraction of sp³-hybridized carbons (Fsp3) is 1.00. The number of nitrogens with zero attached hydrogens (tertiary/aromatic N) is 2.